The molecule has 0 aromatic rings. The van der Waals surface area contributed by atoms with Crippen molar-refractivity contribution in [1.29, 1.82) is 0 Å². The number of hydrogen-bond acceptors (Lipinski definition) is 0. The van der Waals surface area contributed by atoms with Crippen LogP contribution >= 0.6 is 0 Å². The number of allylic oxidation sites excluding steroid dienone is 6. The Balaban J connectivity index is 4.79. The topological polar surface area (TPSA) is 0 Å². The van der Waals surface area contributed by atoms with Crippen molar-refractivity contribution in [2.45, 2.75) is 34.6 Å². The molecule has 0 fully saturated rings. The van der Waals surface area contributed by atoms with Crippen molar-refractivity contribution in [1.82, 2.24) is 0 Å². The molecular formula is C11H18. The molecule has 0 spiro atoms. The minimum absolute atomic E-state index is 1.35. The standard InChI is InChI=1S/C11H18/c1-6-8-11(9(3)4)10(5)7-2/h6-8H,1-5H3/b8-6-,10-7-. The largest absolute Gasteiger partial charge is 0.0871 e. The fourth-order valence-corrected chi connectivity index (χ4v) is 1.01. The van der Waals surface area contributed by atoms with E-state index in [0.29, 0.717) is 0 Å². The van der Waals surface area contributed by atoms with Crippen LogP contribution in [0.25, 0.3) is 0 Å². The van der Waals surface area contributed by atoms with Crippen LogP contribution in [-0.2, 0) is 0 Å². The Bertz CT molecular complexity index is 198. The third-order valence-corrected chi connectivity index (χ3v) is 1.73. The number of rotatable bonds is 2. The molecule has 0 aromatic heterocycles. The van der Waals surface area contributed by atoms with Gasteiger partial charge in [0.2, 0.25) is 0 Å². The third-order valence-electron chi connectivity index (χ3n) is 1.73. The van der Waals surface area contributed by atoms with E-state index >= 15 is 0 Å². The van der Waals surface area contributed by atoms with E-state index in [-0.39, 0.29) is 0 Å². The molecule has 0 rings (SSSR count). The van der Waals surface area contributed by atoms with E-state index in [1.807, 2.05) is 6.92 Å². The molecule has 0 heterocycles. The zero-order chi connectivity index (χ0) is 8.85. The highest BCUT2D eigenvalue weighted by Crippen LogP contribution is 2.15. The van der Waals surface area contributed by atoms with Gasteiger partial charge in [0.25, 0.3) is 0 Å². The summed E-state index contributed by atoms with van der Waals surface area (Å²) in [7, 11) is 0. The van der Waals surface area contributed by atoms with Crippen molar-refractivity contribution in [2.75, 3.05) is 0 Å². The lowest BCUT2D eigenvalue weighted by atomic mass is 10.0. The second-order valence-corrected chi connectivity index (χ2v) is 2.89. The highest BCUT2D eigenvalue weighted by molar-refractivity contribution is 5.40. The molecule has 0 radical (unpaired) electrons. The minimum atomic E-state index is 1.35. The van der Waals surface area contributed by atoms with E-state index in [0.717, 1.165) is 0 Å². The zero-order valence-electron chi connectivity index (χ0n) is 8.23. The summed E-state index contributed by atoms with van der Waals surface area (Å²) in [6.45, 7) is 10.5. The normalized spacial score (nSPS) is 12.3. The molecule has 0 N–H and O–H groups in total. The van der Waals surface area contributed by atoms with E-state index in [1.54, 1.807) is 0 Å². The quantitative estimate of drug-likeness (QED) is 0.524. The lowest BCUT2D eigenvalue weighted by Gasteiger charge is -2.03. The van der Waals surface area contributed by atoms with Crippen molar-refractivity contribution >= 4 is 0 Å². The van der Waals surface area contributed by atoms with Gasteiger partial charge in [-0.1, -0.05) is 23.8 Å². The Morgan fingerprint density at radius 2 is 1.55 bits per heavy atom. The predicted molar refractivity (Wildman–Crippen MR) is 52.6 cm³/mol. The molecular weight excluding hydrogens is 132 g/mol. The van der Waals surface area contributed by atoms with Crippen LogP contribution in [0.4, 0.5) is 0 Å². The van der Waals surface area contributed by atoms with Crippen LogP contribution in [0.15, 0.2) is 34.9 Å². The second-order valence-electron chi connectivity index (χ2n) is 2.89. The van der Waals surface area contributed by atoms with Crippen LogP contribution < -0.4 is 0 Å². The van der Waals surface area contributed by atoms with Crippen LogP contribution in [0.5, 0.6) is 0 Å². The summed E-state index contributed by atoms with van der Waals surface area (Å²) in [6.07, 6.45) is 6.38. The van der Waals surface area contributed by atoms with E-state index in [9.17, 15) is 0 Å². The Kier molecular flexibility index (Phi) is 4.60. The summed E-state index contributed by atoms with van der Waals surface area (Å²) >= 11 is 0. The van der Waals surface area contributed by atoms with Crippen LogP contribution in [0.1, 0.15) is 34.6 Å². The first-order chi connectivity index (χ1) is 5.13. The highest BCUT2D eigenvalue weighted by Gasteiger charge is 1.95. The molecule has 0 amide bonds. The summed E-state index contributed by atoms with van der Waals surface area (Å²) in [5, 5.41) is 0. The third kappa shape index (κ3) is 3.22. The van der Waals surface area contributed by atoms with Crippen molar-refractivity contribution in [3.8, 4) is 0 Å². The lowest BCUT2D eigenvalue weighted by Crippen LogP contribution is -1.83. The van der Waals surface area contributed by atoms with Gasteiger partial charge in [-0.05, 0) is 45.8 Å². The SMILES string of the molecule is C/C=C\C(=C(C)C)/C(C)=C\C. The first-order valence-corrected chi connectivity index (χ1v) is 4.07. The van der Waals surface area contributed by atoms with Crippen molar-refractivity contribution in [2.24, 2.45) is 0 Å². The van der Waals surface area contributed by atoms with Crippen LogP contribution in [0, 0.1) is 0 Å². The summed E-state index contributed by atoms with van der Waals surface area (Å²) in [4.78, 5) is 0. The van der Waals surface area contributed by atoms with E-state index in [4.69, 9.17) is 0 Å². The van der Waals surface area contributed by atoms with Gasteiger partial charge in [0.1, 0.15) is 0 Å². The fourth-order valence-electron chi connectivity index (χ4n) is 1.01. The summed E-state index contributed by atoms with van der Waals surface area (Å²) in [5.74, 6) is 0. The molecule has 0 nitrogen and oxygen atoms in total. The molecule has 0 heteroatoms. The summed E-state index contributed by atoms with van der Waals surface area (Å²) in [5.41, 5.74) is 4.08. The van der Waals surface area contributed by atoms with Gasteiger partial charge >= 0.3 is 0 Å². The van der Waals surface area contributed by atoms with Gasteiger partial charge in [-0.25, -0.2) is 0 Å². The maximum absolute atomic E-state index is 2.16. The van der Waals surface area contributed by atoms with Crippen molar-refractivity contribution < 1.29 is 0 Å². The maximum atomic E-state index is 2.16. The molecule has 0 bridgehead atoms. The predicted octanol–water partition coefficient (Wildman–Crippen LogP) is 3.87. The molecule has 0 saturated heterocycles. The maximum Gasteiger partial charge on any atom is -0.0247 e. The van der Waals surface area contributed by atoms with Crippen LogP contribution in [0.2, 0.25) is 0 Å². The Morgan fingerprint density at radius 3 is 1.82 bits per heavy atom. The monoisotopic (exact) mass is 150 g/mol. The van der Waals surface area contributed by atoms with E-state index in [1.165, 1.54) is 16.7 Å². The first-order valence-electron chi connectivity index (χ1n) is 4.07. The molecule has 0 atom stereocenters. The van der Waals surface area contributed by atoms with Gasteiger partial charge in [0.05, 0.1) is 0 Å². The van der Waals surface area contributed by atoms with Gasteiger partial charge in [-0.2, -0.15) is 0 Å². The second kappa shape index (κ2) is 4.95. The lowest BCUT2D eigenvalue weighted by molar-refractivity contribution is 1.27. The average Bonchev–Trinajstić information content (AvgIpc) is 1.98. The van der Waals surface area contributed by atoms with Crippen LogP contribution in [0.3, 0.4) is 0 Å². The molecule has 0 aliphatic rings. The molecule has 0 unspecified atom stereocenters. The van der Waals surface area contributed by atoms with Crippen molar-refractivity contribution in [3.63, 3.8) is 0 Å². The van der Waals surface area contributed by atoms with E-state index in [2.05, 4.69) is 45.9 Å². The van der Waals surface area contributed by atoms with Gasteiger partial charge in [0, 0.05) is 0 Å². The molecule has 62 valence electrons. The van der Waals surface area contributed by atoms with Gasteiger partial charge in [0.15, 0.2) is 0 Å². The van der Waals surface area contributed by atoms with Gasteiger partial charge in [-0.3, -0.25) is 0 Å². The smallest absolute Gasteiger partial charge is 0.0247 e. The zero-order valence-corrected chi connectivity index (χ0v) is 8.23. The summed E-state index contributed by atoms with van der Waals surface area (Å²) < 4.78 is 0. The van der Waals surface area contributed by atoms with Gasteiger partial charge in [-0.15, -0.1) is 0 Å². The Labute approximate surface area is 70.3 Å². The molecule has 0 aromatic carbocycles. The van der Waals surface area contributed by atoms with Crippen molar-refractivity contribution in [3.05, 3.63) is 34.9 Å². The Morgan fingerprint density at radius 1 is 1.00 bits per heavy atom. The van der Waals surface area contributed by atoms with Gasteiger partial charge < -0.3 is 0 Å². The minimum Gasteiger partial charge on any atom is -0.0871 e. The Hall–Kier alpha value is -0.780. The first kappa shape index (κ1) is 10.2. The number of hydrogen-bond donors (Lipinski definition) is 0. The van der Waals surface area contributed by atoms with Crippen LogP contribution in [-0.4, -0.2) is 0 Å². The highest BCUT2D eigenvalue weighted by atomic mass is 14.0. The summed E-state index contributed by atoms with van der Waals surface area (Å²) in [6, 6.07) is 0. The molecule has 0 saturated carbocycles. The molecule has 0 aliphatic heterocycles. The van der Waals surface area contributed by atoms with E-state index < -0.39 is 0 Å². The average molecular weight is 150 g/mol. The fraction of sp³-hybridized carbons (Fsp3) is 0.455. The molecule has 0 aliphatic carbocycles. The molecule has 11 heavy (non-hydrogen) atoms.